The summed E-state index contributed by atoms with van der Waals surface area (Å²) in [6.45, 7) is 0. The number of hydrogen-bond donors (Lipinski definition) is 0. The van der Waals surface area contributed by atoms with Crippen LogP contribution in [0, 0.1) is 0 Å². The van der Waals surface area contributed by atoms with E-state index < -0.39 is 0 Å². The van der Waals surface area contributed by atoms with Gasteiger partial charge < -0.3 is 0 Å². The molecule has 0 unspecified atom stereocenters. The average molecular weight is 229 g/mol. The van der Waals surface area contributed by atoms with Crippen LogP contribution in [0.25, 0.3) is 0 Å². The molecule has 0 radical (unpaired) electrons. The van der Waals surface area contributed by atoms with Gasteiger partial charge in [-0.1, -0.05) is 35.3 Å². The Morgan fingerprint density at radius 2 is 2.06 bits per heavy atom. The van der Waals surface area contributed by atoms with Gasteiger partial charge in [0, 0.05) is 16.8 Å². The smallest absolute Gasteiger partial charge is 0.211 e. The van der Waals surface area contributed by atoms with Crippen molar-refractivity contribution in [2.24, 2.45) is 0 Å². The molecule has 1 aromatic heterocycles. The first-order chi connectivity index (χ1) is 7.68. The van der Waals surface area contributed by atoms with E-state index in [0.29, 0.717) is 16.3 Å². The number of carbonyl (C=O) groups is 1. The molecular formula is C12H9BClNO. The highest BCUT2D eigenvalue weighted by Gasteiger charge is 2.10. The SMILES string of the molecule is Bc1ccc(C(=O)c2ccccn2)cc1Cl. The first-order valence-electron chi connectivity index (χ1n) is 4.90. The molecule has 78 valence electrons. The van der Waals surface area contributed by atoms with E-state index in [-0.39, 0.29) is 5.78 Å². The van der Waals surface area contributed by atoms with E-state index in [2.05, 4.69) is 4.98 Å². The number of ketones is 1. The number of benzene rings is 1. The molecule has 0 atom stereocenters. The third kappa shape index (κ3) is 2.14. The Morgan fingerprint density at radius 3 is 2.69 bits per heavy atom. The molecule has 1 aromatic carbocycles. The van der Waals surface area contributed by atoms with Crippen LogP contribution in [0.15, 0.2) is 42.6 Å². The maximum absolute atomic E-state index is 12.0. The van der Waals surface area contributed by atoms with Crippen molar-refractivity contribution >= 4 is 30.7 Å². The van der Waals surface area contributed by atoms with Crippen molar-refractivity contribution < 1.29 is 4.79 Å². The first-order valence-corrected chi connectivity index (χ1v) is 5.28. The molecular weight excluding hydrogens is 220 g/mol. The summed E-state index contributed by atoms with van der Waals surface area (Å²) in [6.07, 6.45) is 1.60. The van der Waals surface area contributed by atoms with Gasteiger partial charge in [0.15, 0.2) is 0 Å². The Kier molecular flexibility index (Phi) is 3.06. The molecule has 0 N–H and O–H groups in total. The van der Waals surface area contributed by atoms with Gasteiger partial charge in [0.25, 0.3) is 0 Å². The zero-order chi connectivity index (χ0) is 11.5. The lowest BCUT2D eigenvalue weighted by Crippen LogP contribution is -2.08. The molecule has 2 rings (SSSR count). The van der Waals surface area contributed by atoms with Gasteiger partial charge in [-0.3, -0.25) is 9.78 Å². The second-order valence-electron chi connectivity index (χ2n) is 3.51. The number of halogens is 1. The minimum Gasteiger partial charge on any atom is -0.287 e. The van der Waals surface area contributed by atoms with Crippen molar-refractivity contribution in [3.8, 4) is 0 Å². The Morgan fingerprint density at radius 1 is 1.25 bits per heavy atom. The van der Waals surface area contributed by atoms with E-state index in [9.17, 15) is 4.79 Å². The number of aromatic nitrogens is 1. The van der Waals surface area contributed by atoms with E-state index in [1.807, 2.05) is 13.9 Å². The fraction of sp³-hybridized carbons (Fsp3) is 0. The average Bonchev–Trinajstić information content (AvgIpc) is 2.33. The molecule has 0 bridgehead atoms. The number of rotatable bonds is 2. The van der Waals surface area contributed by atoms with Gasteiger partial charge in [0.2, 0.25) is 5.78 Å². The molecule has 0 aliphatic carbocycles. The zero-order valence-electron chi connectivity index (χ0n) is 8.77. The number of pyridine rings is 1. The Bertz CT molecular complexity index is 528. The van der Waals surface area contributed by atoms with Crippen LogP contribution in [0.1, 0.15) is 16.1 Å². The largest absolute Gasteiger partial charge is 0.287 e. The molecule has 2 aromatic rings. The Labute approximate surface area is 99.7 Å². The normalized spacial score (nSPS) is 10.1. The highest BCUT2D eigenvalue weighted by molar-refractivity contribution is 6.45. The molecule has 0 saturated heterocycles. The molecule has 4 heteroatoms. The van der Waals surface area contributed by atoms with Crippen LogP contribution >= 0.6 is 11.6 Å². The summed E-state index contributed by atoms with van der Waals surface area (Å²) in [4.78, 5) is 16.0. The first kappa shape index (κ1) is 10.9. The van der Waals surface area contributed by atoms with Crippen LogP contribution in [0.5, 0.6) is 0 Å². The van der Waals surface area contributed by atoms with Crippen LogP contribution in [0.3, 0.4) is 0 Å². The van der Waals surface area contributed by atoms with Gasteiger partial charge in [0.05, 0.1) is 0 Å². The minimum atomic E-state index is -0.109. The quantitative estimate of drug-likeness (QED) is 0.573. The van der Waals surface area contributed by atoms with E-state index in [4.69, 9.17) is 11.6 Å². The van der Waals surface area contributed by atoms with E-state index in [0.717, 1.165) is 5.46 Å². The molecule has 16 heavy (non-hydrogen) atoms. The predicted octanol–water partition coefficient (Wildman–Crippen LogP) is 1.22. The van der Waals surface area contributed by atoms with Crippen molar-refractivity contribution in [1.82, 2.24) is 4.98 Å². The topological polar surface area (TPSA) is 30.0 Å². The van der Waals surface area contributed by atoms with Crippen molar-refractivity contribution in [3.05, 3.63) is 58.9 Å². The molecule has 0 saturated carbocycles. The van der Waals surface area contributed by atoms with Gasteiger partial charge in [-0.2, -0.15) is 0 Å². The summed E-state index contributed by atoms with van der Waals surface area (Å²) in [5.41, 5.74) is 1.95. The molecule has 0 aliphatic heterocycles. The maximum atomic E-state index is 12.0. The highest BCUT2D eigenvalue weighted by atomic mass is 35.5. The molecule has 0 aliphatic rings. The molecule has 0 amide bonds. The second kappa shape index (κ2) is 4.50. The molecule has 0 fully saturated rings. The van der Waals surface area contributed by atoms with Gasteiger partial charge in [-0.15, -0.1) is 0 Å². The van der Waals surface area contributed by atoms with Crippen molar-refractivity contribution in [2.45, 2.75) is 0 Å². The fourth-order valence-electron chi connectivity index (χ4n) is 1.38. The lowest BCUT2D eigenvalue weighted by atomic mass is 9.94. The monoisotopic (exact) mass is 229 g/mol. The lowest BCUT2D eigenvalue weighted by molar-refractivity contribution is 0.103. The van der Waals surface area contributed by atoms with Gasteiger partial charge in [0.1, 0.15) is 13.5 Å². The number of nitrogens with zero attached hydrogens (tertiary/aromatic N) is 1. The Hall–Kier alpha value is -1.61. The van der Waals surface area contributed by atoms with Crippen LogP contribution in [0.4, 0.5) is 0 Å². The summed E-state index contributed by atoms with van der Waals surface area (Å²) >= 11 is 5.97. The minimum absolute atomic E-state index is 0.109. The van der Waals surface area contributed by atoms with Gasteiger partial charge >= 0.3 is 0 Å². The third-order valence-electron chi connectivity index (χ3n) is 2.33. The lowest BCUT2D eigenvalue weighted by Gasteiger charge is -2.02. The van der Waals surface area contributed by atoms with Crippen molar-refractivity contribution in [2.75, 3.05) is 0 Å². The van der Waals surface area contributed by atoms with E-state index >= 15 is 0 Å². The second-order valence-corrected chi connectivity index (χ2v) is 3.92. The molecule has 1 heterocycles. The van der Waals surface area contributed by atoms with Crippen LogP contribution in [-0.2, 0) is 0 Å². The fourth-order valence-corrected chi connectivity index (χ4v) is 1.56. The maximum Gasteiger partial charge on any atom is 0.211 e. The van der Waals surface area contributed by atoms with Gasteiger partial charge in [-0.25, -0.2) is 0 Å². The summed E-state index contributed by atoms with van der Waals surface area (Å²) in [6, 6.07) is 10.5. The van der Waals surface area contributed by atoms with Gasteiger partial charge in [-0.05, 0) is 18.2 Å². The highest BCUT2D eigenvalue weighted by Crippen LogP contribution is 2.11. The van der Waals surface area contributed by atoms with E-state index in [1.165, 1.54) is 0 Å². The van der Waals surface area contributed by atoms with Crippen LogP contribution in [-0.4, -0.2) is 18.6 Å². The summed E-state index contributed by atoms with van der Waals surface area (Å²) in [7, 11) is 1.90. The third-order valence-corrected chi connectivity index (χ3v) is 2.74. The summed E-state index contributed by atoms with van der Waals surface area (Å²) in [5.74, 6) is -0.109. The van der Waals surface area contributed by atoms with E-state index in [1.54, 1.807) is 36.5 Å². The number of hydrogen-bond acceptors (Lipinski definition) is 2. The number of carbonyl (C=O) groups excluding carboxylic acids is 1. The zero-order valence-corrected chi connectivity index (χ0v) is 9.53. The molecule has 2 nitrogen and oxygen atoms in total. The standard InChI is InChI=1S/C12H9BClNO/c13-9-5-4-8(7-10(9)14)12(16)11-3-1-2-6-15-11/h1-7H,13H2. The van der Waals surface area contributed by atoms with Crippen molar-refractivity contribution in [3.63, 3.8) is 0 Å². The predicted molar refractivity (Wildman–Crippen MR) is 67.3 cm³/mol. The van der Waals surface area contributed by atoms with Crippen LogP contribution < -0.4 is 5.46 Å². The molecule has 0 spiro atoms. The Balaban J connectivity index is 2.39. The van der Waals surface area contributed by atoms with Crippen molar-refractivity contribution in [1.29, 1.82) is 0 Å². The van der Waals surface area contributed by atoms with Crippen LogP contribution in [0.2, 0.25) is 5.02 Å². The summed E-state index contributed by atoms with van der Waals surface area (Å²) < 4.78 is 0. The summed E-state index contributed by atoms with van der Waals surface area (Å²) in [5, 5.41) is 0.599.